The highest BCUT2D eigenvalue weighted by molar-refractivity contribution is 4.43. The highest BCUT2D eigenvalue weighted by atomic mass is 16.5. The molecule has 0 radical (unpaired) electrons. The highest BCUT2D eigenvalue weighted by Crippen LogP contribution is 1.95. The quantitative estimate of drug-likeness (QED) is 0.500. The molecule has 0 spiro atoms. The van der Waals surface area contributed by atoms with Crippen molar-refractivity contribution < 1.29 is 15.4 Å². The SMILES string of the molecule is [NH3+]CCCCCC[NH+]1CCOCC1. The summed E-state index contributed by atoms with van der Waals surface area (Å²) in [4.78, 5) is 1.74. The van der Waals surface area contributed by atoms with Crippen LogP contribution in [0.15, 0.2) is 0 Å². The van der Waals surface area contributed by atoms with Crippen molar-refractivity contribution in [3.63, 3.8) is 0 Å². The zero-order valence-corrected chi connectivity index (χ0v) is 8.69. The van der Waals surface area contributed by atoms with E-state index in [4.69, 9.17) is 4.74 Å². The van der Waals surface area contributed by atoms with E-state index < -0.39 is 0 Å². The lowest BCUT2D eigenvalue weighted by atomic mass is 10.2. The highest BCUT2D eigenvalue weighted by Gasteiger charge is 2.12. The van der Waals surface area contributed by atoms with Gasteiger partial charge in [0.1, 0.15) is 13.1 Å². The number of ether oxygens (including phenoxy) is 1. The van der Waals surface area contributed by atoms with Crippen molar-refractivity contribution in [1.29, 1.82) is 0 Å². The number of rotatable bonds is 6. The van der Waals surface area contributed by atoms with Gasteiger partial charge in [-0.2, -0.15) is 0 Å². The van der Waals surface area contributed by atoms with Crippen molar-refractivity contribution >= 4 is 0 Å². The zero-order valence-electron chi connectivity index (χ0n) is 8.69. The Morgan fingerprint density at radius 1 is 1.00 bits per heavy atom. The van der Waals surface area contributed by atoms with E-state index in [1.807, 2.05) is 0 Å². The van der Waals surface area contributed by atoms with Gasteiger partial charge in [-0.05, 0) is 25.7 Å². The van der Waals surface area contributed by atoms with Crippen LogP contribution in [0, 0.1) is 0 Å². The Morgan fingerprint density at radius 2 is 1.69 bits per heavy atom. The van der Waals surface area contributed by atoms with E-state index in [2.05, 4.69) is 5.73 Å². The number of nitrogens with one attached hydrogen (secondary N) is 1. The fraction of sp³-hybridized carbons (Fsp3) is 1.00. The first-order chi connectivity index (χ1) is 6.43. The molecule has 0 saturated carbocycles. The largest absolute Gasteiger partial charge is 0.370 e. The average Bonchev–Trinajstić information content (AvgIpc) is 2.19. The summed E-state index contributed by atoms with van der Waals surface area (Å²) in [6.07, 6.45) is 5.45. The van der Waals surface area contributed by atoms with Gasteiger partial charge in [0.2, 0.25) is 0 Å². The predicted octanol–water partition coefficient (Wildman–Crippen LogP) is -1.30. The molecule has 0 unspecified atom stereocenters. The van der Waals surface area contributed by atoms with Crippen LogP contribution < -0.4 is 10.6 Å². The lowest BCUT2D eigenvalue weighted by Gasteiger charge is -2.23. The standard InChI is InChI=1S/C10H22N2O/c11-5-3-1-2-4-6-12-7-9-13-10-8-12/h1-11H2/p+2. The van der Waals surface area contributed by atoms with Crippen LogP contribution in [0.1, 0.15) is 25.7 Å². The molecule has 0 amide bonds. The normalized spacial score (nSPS) is 19.2. The van der Waals surface area contributed by atoms with Gasteiger partial charge in [-0.3, -0.25) is 0 Å². The minimum absolute atomic E-state index is 0.966. The fourth-order valence-corrected chi connectivity index (χ4v) is 1.82. The summed E-state index contributed by atoms with van der Waals surface area (Å²) in [5.41, 5.74) is 3.85. The number of unbranched alkanes of at least 4 members (excludes halogenated alkanes) is 3. The van der Waals surface area contributed by atoms with Gasteiger partial charge in [0.25, 0.3) is 0 Å². The molecule has 0 aromatic carbocycles. The molecule has 1 heterocycles. The zero-order chi connectivity index (χ0) is 9.36. The van der Waals surface area contributed by atoms with Crippen LogP contribution >= 0.6 is 0 Å². The van der Waals surface area contributed by atoms with Crippen molar-refractivity contribution in [2.75, 3.05) is 39.4 Å². The van der Waals surface area contributed by atoms with E-state index in [1.54, 1.807) is 4.90 Å². The molecule has 0 bridgehead atoms. The minimum Gasteiger partial charge on any atom is -0.370 e. The van der Waals surface area contributed by atoms with E-state index in [0.717, 1.165) is 19.8 Å². The number of quaternary nitrogens is 2. The molecule has 1 fully saturated rings. The molecule has 1 saturated heterocycles. The van der Waals surface area contributed by atoms with Crippen molar-refractivity contribution in [2.45, 2.75) is 25.7 Å². The summed E-state index contributed by atoms with van der Waals surface area (Å²) >= 11 is 0. The van der Waals surface area contributed by atoms with Crippen LogP contribution in [0.4, 0.5) is 0 Å². The first-order valence-electron chi connectivity index (χ1n) is 5.64. The summed E-state index contributed by atoms with van der Waals surface area (Å²) < 4.78 is 5.32. The average molecular weight is 188 g/mol. The Labute approximate surface area is 81.2 Å². The van der Waals surface area contributed by atoms with Crippen LogP contribution in [0.3, 0.4) is 0 Å². The van der Waals surface area contributed by atoms with Gasteiger partial charge < -0.3 is 15.4 Å². The Hall–Kier alpha value is -0.120. The maximum Gasteiger partial charge on any atom is 0.101 e. The van der Waals surface area contributed by atoms with Gasteiger partial charge in [0.05, 0.1) is 26.3 Å². The lowest BCUT2D eigenvalue weighted by molar-refractivity contribution is -0.908. The third kappa shape index (κ3) is 5.24. The van der Waals surface area contributed by atoms with Gasteiger partial charge in [0, 0.05) is 0 Å². The summed E-state index contributed by atoms with van der Waals surface area (Å²) in [5, 5.41) is 0. The van der Waals surface area contributed by atoms with Crippen molar-refractivity contribution in [2.24, 2.45) is 0 Å². The molecule has 13 heavy (non-hydrogen) atoms. The number of hydrogen-bond acceptors (Lipinski definition) is 1. The van der Waals surface area contributed by atoms with Gasteiger partial charge in [-0.25, -0.2) is 0 Å². The first-order valence-corrected chi connectivity index (χ1v) is 5.64. The maximum absolute atomic E-state index is 5.32. The third-order valence-electron chi connectivity index (χ3n) is 2.73. The van der Waals surface area contributed by atoms with Crippen LogP contribution in [0.2, 0.25) is 0 Å². The molecule has 1 aliphatic heterocycles. The fourth-order valence-electron chi connectivity index (χ4n) is 1.82. The number of hydrogen-bond donors (Lipinski definition) is 2. The van der Waals surface area contributed by atoms with Crippen LogP contribution in [-0.2, 0) is 4.74 Å². The summed E-state index contributed by atoms with van der Waals surface area (Å²) in [5.74, 6) is 0. The lowest BCUT2D eigenvalue weighted by Crippen LogP contribution is -3.14. The number of morpholine rings is 1. The molecule has 1 aliphatic rings. The summed E-state index contributed by atoms with van der Waals surface area (Å²) in [7, 11) is 0. The van der Waals surface area contributed by atoms with Crippen molar-refractivity contribution in [3.05, 3.63) is 0 Å². The second-order valence-electron chi connectivity index (χ2n) is 3.88. The van der Waals surface area contributed by atoms with Crippen LogP contribution in [-0.4, -0.2) is 39.4 Å². The van der Waals surface area contributed by atoms with Gasteiger partial charge in [-0.15, -0.1) is 0 Å². The van der Waals surface area contributed by atoms with E-state index in [-0.39, 0.29) is 0 Å². The van der Waals surface area contributed by atoms with Crippen LogP contribution in [0.5, 0.6) is 0 Å². The molecule has 0 aromatic heterocycles. The predicted molar refractivity (Wildman–Crippen MR) is 52.6 cm³/mol. The topological polar surface area (TPSA) is 41.3 Å². The molecule has 78 valence electrons. The van der Waals surface area contributed by atoms with Crippen molar-refractivity contribution in [3.8, 4) is 0 Å². The van der Waals surface area contributed by atoms with E-state index in [9.17, 15) is 0 Å². The van der Waals surface area contributed by atoms with Crippen LogP contribution in [0.25, 0.3) is 0 Å². The molecule has 0 aromatic rings. The monoisotopic (exact) mass is 188 g/mol. The third-order valence-corrected chi connectivity index (χ3v) is 2.73. The minimum atomic E-state index is 0.966. The first kappa shape index (κ1) is 11.0. The maximum atomic E-state index is 5.32. The second kappa shape index (κ2) is 7.30. The van der Waals surface area contributed by atoms with E-state index >= 15 is 0 Å². The smallest absolute Gasteiger partial charge is 0.101 e. The molecule has 0 atom stereocenters. The summed E-state index contributed by atoms with van der Waals surface area (Å²) in [6.45, 7) is 6.82. The molecular weight excluding hydrogens is 164 g/mol. The summed E-state index contributed by atoms with van der Waals surface area (Å²) in [6, 6.07) is 0. The molecule has 4 N–H and O–H groups in total. The van der Waals surface area contributed by atoms with E-state index in [1.165, 1.54) is 45.3 Å². The Morgan fingerprint density at radius 3 is 2.38 bits per heavy atom. The Kier molecular flexibility index (Phi) is 6.15. The molecule has 1 rings (SSSR count). The molecular formula is C10H24N2O+2. The molecule has 0 aliphatic carbocycles. The molecule has 3 heteroatoms. The molecule has 3 nitrogen and oxygen atoms in total. The van der Waals surface area contributed by atoms with E-state index in [0.29, 0.717) is 0 Å². The Bertz CT molecular complexity index is 113. The van der Waals surface area contributed by atoms with Gasteiger partial charge >= 0.3 is 0 Å². The Balaban J connectivity index is 1.86. The van der Waals surface area contributed by atoms with Gasteiger partial charge in [0.15, 0.2) is 0 Å². The van der Waals surface area contributed by atoms with Crippen molar-refractivity contribution in [1.82, 2.24) is 0 Å². The second-order valence-corrected chi connectivity index (χ2v) is 3.88. The van der Waals surface area contributed by atoms with Gasteiger partial charge in [-0.1, -0.05) is 0 Å².